The molecule has 166 valence electrons. The van der Waals surface area contributed by atoms with Gasteiger partial charge in [0.1, 0.15) is 17.3 Å². The number of hydrogen-bond acceptors (Lipinski definition) is 8. The van der Waals surface area contributed by atoms with Crippen molar-refractivity contribution in [2.24, 2.45) is 0 Å². The SMILES string of the molecule is CCOc1ccc(C(=O)NCC(=O)OCC(=O)Nc2sc(C)c(C)c2C(=O)OC)cc1. The molecule has 9 nitrogen and oxygen atoms in total. The van der Waals surface area contributed by atoms with Crippen LogP contribution in [0, 0.1) is 13.8 Å². The van der Waals surface area contributed by atoms with Crippen molar-refractivity contribution in [2.45, 2.75) is 20.8 Å². The van der Waals surface area contributed by atoms with Gasteiger partial charge in [-0.15, -0.1) is 11.3 Å². The Labute approximate surface area is 183 Å². The Morgan fingerprint density at radius 3 is 2.35 bits per heavy atom. The second-order valence-corrected chi connectivity index (χ2v) is 7.55. The van der Waals surface area contributed by atoms with Gasteiger partial charge in [0, 0.05) is 10.4 Å². The van der Waals surface area contributed by atoms with Crippen LogP contribution >= 0.6 is 11.3 Å². The van der Waals surface area contributed by atoms with Gasteiger partial charge in [0.2, 0.25) is 0 Å². The molecule has 0 bridgehead atoms. The van der Waals surface area contributed by atoms with Crippen LogP contribution in [-0.2, 0) is 19.1 Å². The molecule has 1 aromatic carbocycles. The zero-order chi connectivity index (χ0) is 23.0. The Kier molecular flexibility index (Phi) is 8.56. The van der Waals surface area contributed by atoms with Crippen LogP contribution in [0.3, 0.4) is 0 Å². The van der Waals surface area contributed by atoms with Gasteiger partial charge in [0.25, 0.3) is 11.8 Å². The summed E-state index contributed by atoms with van der Waals surface area (Å²) in [6.07, 6.45) is 0. The first-order chi connectivity index (χ1) is 14.8. The molecule has 2 N–H and O–H groups in total. The van der Waals surface area contributed by atoms with E-state index in [1.165, 1.54) is 18.4 Å². The molecule has 0 unspecified atom stereocenters. The molecule has 0 aliphatic rings. The highest BCUT2D eigenvalue weighted by Gasteiger charge is 2.22. The van der Waals surface area contributed by atoms with Gasteiger partial charge in [-0.05, 0) is 50.6 Å². The molecule has 0 saturated carbocycles. The van der Waals surface area contributed by atoms with Gasteiger partial charge >= 0.3 is 11.9 Å². The molecule has 0 atom stereocenters. The van der Waals surface area contributed by atoms with E-state index in [4.69, 9.17) is 14.2 Å². The number of methoxy groups -OCH3 is 1. The molecule has 2 aromatic rings. The Morgan fingerprint density at radius 2 is 1.74 bits per heavy atom. The number of aryl methyl sites for hydroxylation is 1. The summed E-state index contributed by atoms with van der Waals surface area (Å²) in [5, 5.41) is 5.30. The van der Waals surface area contributed by atoms with E-state index in [1.807, 2.05) is 13.8 Å². The van der Waals surface area contributed by atoms with Crippen molar-refractivity contribution in [3.8, 4) is 5.75 Å². The minimum absolute atomic E-state index is 0.271. The molecule has 0 saturated heterocycles. The number of esters is 2. The Morgan fingerprint density at radius 1 is 1.06 bits per heavy atom. The topological polar surface area (TPSA) is 120 Å². The first-order valence-electron chi connectivity index (χ1n) is 9.41. The van der Waals surface area contributed by atoms with Gasteiger partial charge in [-0.25, -0.2) is 4.79 Å². The highest BCUT2D eigenvalue weighted by Crippen LogP contribution is 2.32. The van der Waals surface area contributed by atoms with Crippen LogP contribution in [0.5, 0.6) is 5.75 Å². The lowest BCUT2D eigenvalue weighted by Gasteiger charge is -2.08. The third kappa shape index (κ3) is 6.54. The van der Waals surface area contributed by atoms with E-state index in [-0.39, 0.29) is 5.56 Å². The number of anilines is 1. The first-order valence-corrected chi connectivity index (χ1v) is 10.2. The highest BCUT2D eigenvalue weighted by molar-refractivity contribution is 7.16. The summed E-state index contributed by atoms with van der Waals surface area (Å²) in [5.74, 6) is -1.78. The summed E-state index contributed by atoms with van der Waals surface area (Å²) >= 11 is 1.22. The van der Waals surface area contributed by atoms with Crippen LogP contribution in [0.1, 0.15) is 38.1 Å². The lowest BCUT2D eigenvalue weighted by molar-refractivity contribution is -0.146. The number of hydrogen-bond donors (Lipinski definition) is 2. The molecule has 0 radical (unpaired) electrons. The molecule has 0 fully saturated rings. The van der Waals surface area contributed by atoms with Gasteiger partial charge < -0.3 is 24.8 Å². The number of carbonyl (C=O) groups excluding carboxylic acids is 4. The summed E-state index contributed by atoms with van der Waals surface area (Å²) in [7, 11) is 1.25. The van der Waals surface area contributed by atoms with Crippen molar-refractivity contribution >= 4 is 40.1 Å². The zero-order valence-corrected chi connectivity index (χ0v) is 18.5. The van der Waals surface area contributed by atoms with Crippen molar-refractivity contribution in [1.82, 2.24) is 5.32 Å². The van der Waals surface area contributed by atoms with E-state index in [0.29, 0.717) is 28.5 Å². The average Bonchev–Trinajstić information content (AvgIpc) is 3.03. The molecule has 0 aliphatic heterocycles. The fraction of sp³-hybridized carbons (Fsp3) is 0.333. The van der Waals surface area contributed by atoms with Crippen molar-refractivity contribution in [3.63, 3.8) is 0 Å². The smallest absolute Gasteiger partial charge is 0.341 e. The minimum Gasteiger partial charge on any atom is -0.494 e. The van der Waals surface area contributed by atoms with Crippen LogP contribution < -0.4 is 15.4 Å². The Balaban J connectivity index is 1.82. The third-order valence-electron chi connectivity index (χ3n) is 4.21. The van der Waals surface area contributed by atoms with E-state index in [1.54, 1.807) is 31.2 Å². The second-order valence-electron chi connectivity index (χ2n) is 6.33. The fourth-order valence-corrected chi connectivity index (χ4v) is 3.61. The monoisotopic (exact) mass is 448 g/mol. The Bertz CT molecular complexity index is 967. The fourth-order valence-electron chi connectivity index (χ4n) is 2.55. The number of nitrogens with one attached hydrogen (secondary N) is 2. The largest absolute Gasteiger partial charge is 0.494 e. The molecule has 1 heterocycles. The standard InChI is InChI=1S/C21H24N2O7S/c1-5-29-15-8-6-14(7-9-15)19(26)22-10-17(25)30-11-16(24)23-20-18(21(27)28-4)12(2)13(3)31-20/h6-9H,5,10-11H2,1-4H3,(H,22,26)(H,23,24). The van der Waals surface area contributed by atoms with Gasteiger partial charge in [0.15, 0.2) is 6.61 Å². The van der Waals surface area contributed by atoms with E-state index in [0.717, 1.165) is 4.88 Å². The summed E-state index contributed by atoms with van der Waals surface area (Å²) in [6.45, 7) is 4.97. The maximum Gasteiger partial charge on any atom is 0.341 e. The van der Waals surface area contributed by atoms with Crippen molar-refractivity contribution in [2.75, 3.05) is 32.2 Å². The van der Waals surface area contributed by atoms with Crippen molar-refractivity contribution in [1.29, 1.82) is 0 Å². The van der Waals surface area contributed by atoms with E-state index < -0.39 is 36.9 Å². The van der Waals surface area contributed by atoms with Crippen molar-refractivity contribution < 1.29 is 33.4 Å². The minimum atomic E-state index is -0.777. The molecule has 0 spiro atoms. The van der Waals surface area contributed by atoms with Gasteiger partial charge in [-0.3, -0.25) is 14.4 Å². The zero-order valence-electron chi connectivity index (χ0n) is 17.7. The van der Waals surface area contributed by atoms with E-state index >= 15 is 0 Å². The number of rotatable bonds is 9. The predicted octanol–water partition coefficient (Wildman–Crippen LogP) is 2.46. The average molecular weight is 448 g/mol. The summed E-state index contributed by atoms with van der Waals surface area (Å²) in [6, 6.07) is 6.45. The molecular weight excluding hydrogens is 424 g/mol. The Hall–Kier alpha value is -3.40. The maximum atomic E-state index is 12.1. The number of ether oxygens (including phenoxy) is 3. The number of carbonyl (C=O) groups is 4. The van der Waals surface area contributed by atoms with E-state index in [9.17, 15) is 19.2 Å². The van der Waals surface area contributed by atoms with Crippen LogP contribution in [0.4, 0.5) is 5.00 Å². The summed E-state index contributed by atoms with van der Waals surface area (Å²) in [5.41, 5.74) is 1.33. The highest BCUT2D eigenvalue weighted by atomic mass is 32.1. The summed E-state index contributed by atoms with van der Waals surface area (Å²) in [4.78, 5) is 48.8. The molecular formula is C21H24N2O7S. The number of amides is 2. The second kappa shape index (κ2) is 11.1. The third-order valence-corrected chi connectivity index (χ3v) is 5.34. The van der Waals surface area contributed by atoms with Gasteiger partial charge in [-0.1, -0.05) is 0 Å². The van der Waals surface area contributed by atoms with Gasteiger partial charge in [0.05, 0.1) is 19.3 Å². The molecule has 10 heteroatoms. The first kappa shape index (κ1) is 23.9. The molecule has 1 aromatic heterocycles. The van der Waals surface area contributed by atoms with Crippen LogP contribution in [-0.4, -0.2) is 50.6 Å². The lowest BCUT2D eigenvalue weighted by atomic mass is 10.1. The van der Waals surface area contributed by atoms with Gasteiger partial charge in [-0.2, -0.15) is 0 Å². The molecule has 0 aliphatic carbocycles. The number of benzene rings is 1. The van der Waals surface area contributed by atoms with E-state index in [2.05, 4.69) is 10.6 Å². The van der Waals surface area contributed by atoms with Crippen LogP contribution in [0.15, 0.2) is 24.3 Å². The summed E-state index contributed by atoms with van der Waals surface area (Å²) < 4.78 is 14.9. The number of thiophene rings is 1. The lowest BCUT2D eigenvalue weighted by Crippen LogP contribution is -2.32. The molecule has 2 rings (SSSR count). The molecule has 31 heavy (non-hydrogen) atoms. The molecule has 2 amide bonds. The van der Waals surface area contributed by atoms with Crippen LogP contribution in [0.25, 0.3) is 0 Å². The predicted molar refractivity (Wildman–Crippen MR) is 115 cm³/mol. The normalized spacial score (nSPS) is 10.2. The van der Waals surface area contributed by atoms with Crippen molar-refractivity contribution in [3.05, 3.63) is 45.8 Å². The quantitative estimate of drug-likeness (QED) is 0.566. The maximum absolute atomic E-state index is 12.1. The van der Waals surface area contributed by atoms with Crippen LogP contribution in [0.2, 0.25) is 0 Å².